The number of rotatable bonds is 7. The molecule has 0 aliphatic heterocycles. The summed E-state index contributed by atoms with van der Waals surface area (Å²) in [5.41, 5.74) is 4.94. The maximum Gasteiger partial charge on any atom is 0.230 e. The lowest BCUT2D eigenvalue weighted by Gasteiger charge is -2.15. The molecule has 154 valence electrons. The highest BCUT2D eigenvalue weighted by molar-refractivity contribution is 5.91. The molecule has 3 aromatic carbocycles. The summed E-state index contributed by atoms with van der Waals surface area (Å²) in [5, 5.41) is 8.05. The van der Waals surface area contributed by atoms with Crippen LogP contribution in [0.25, 0.3) is 11.3 Å². The molecule has 4 aromatic rings. The summed E-state index contributed by atoms with van der Waals surface area (Å²) in [6.45, 7) is 1.16. The van der Waals surface area contributed by atoms with Gasteiger partial charge in [-0.3, -0.25) is 9.48 Å². The minimum atomic E-state index is -0.367. The van der Waals surface area contributed by atoms with E-state index in [4.69, 9.17) is 5.10 Å². The second kappa shape index (κ2) is 8.23. The van der Waals surface area contributed by atoms with Crippen LogP contribution in [0.3, 0.4) is 0 Å². The molecule has 1 aliphatic carbocycles. The number of nitrogens with zero attached hydrogens (tertiary/aromatic N) is 2. The maximum absolute atomic E-state index is 13.1. The Bertz CT molecular complexity index is 1160. The van der Waals surface area contributed by atoms with Gasteiger partial charge in [0.15, 0.2) is 0 Å². The third kappa shape index (κ3) is 4.02. The third-order valence-corrected chi connectivity index (χ3v) is 6.02. The van der Waals surface area contributed by atoms with Crippen LogP contribution in [0.2, 0.25) is 0 Å². The second-order valence-corrected chi connectivity index (χ2v) is 8.18. The topological polar surface area (TPSA) is 46.9 Å². The van der Waals surface area contributed by atoms with E-state index >= 15 is 0 Å². The smallest absolute Gasteiger partial charge is 0.230 e. The highest BCUT2D eigenvalue weighted by atomic mass is 16.2. The van der Waals surface area contributed by atoms with E-state index in [1.807, 2.05) is 59.3 Å². The first-order chi connectivity index (χ1) is 15.2. The van der Waals surface area contributed by atoms with Gasteiger partial charge in [-0.25, -0.2) is 0 Å². The molecule has 0 unspecified atom stereocenters. The van der Waals surface area contributed by atoms with E-state index in [-0.39, 0.29) is 11.3 Å². The van der Waals surface area contributed by atoms with Crippen molar-refractivity contribution < 1.29 is 4.79 Å². The van der Waals surface area contributed by atoms with Gasteiger partial charge in [0.1, 0.15) is 0 Å². The Morgan fingerprint density at radius 1 is 0.871 bits per heavy atom. The molecule has 1 amide bonds. The first-order valence-electron chi connectivity index (χ1n) is 10.7. The number of hydrogen-bond acceptors (Lipinski definition) is 2. The zero-order valence-electron chi connectivity index (χ0n) is 17.4. The van der Waals surface area contributed by atoms with E-state index in [9.17, 15) is 4.79 Å². The van der Waals surface area contributed by atoms with Crippen molar-refractivity contribution in [2.75, 3.05) is 0 Å². The molecule has 1 fully saturated rings. The Kier molecular flexibility index (Phi) is 5.13. The number of aromatic nitrogens is 2. The number of hydrogen-bond donors (Lipinski definition) is 1. The number of benzene rings is 3. The van der Waals surface area contributed by atoms with E-state index in [1.54, 1.807) is 0 Å². The average molecular weight is 408 g/mol. The van der Waals surface area contributed by atoms with Gasteiger partial charge in [-0.05, 0) is 24.0 Å². The van der Waals surface area contributed by atoms with Gasteiger partial charge in [-0.15, -0.1) is 0 Å². The van der Waals surface area contributed by atoms with E-state index in [0.717, 1.165) is 35.2 Å². The summed E-state index contributed by atoms with van der Waals surface area (Å²) in [5.74, 6) is 0.105. The maximum atomic E-state index is 13.1. The van der Waals surface area contributed by atoms with Crippen LogP contribution in [0, 0.1) is 0 Å². The minimum Gasteiger partial charge on any atom is -0.351 e. The zero-order valence-corrected chi connectivity index (χ0v) is 17.4. The molecular weight excluding hydrogens is 382 g/mol. The van der Waals surface area contributed by atoms with Gasteiger partial charge < -0.3 is 5.32 Å². The van der Waals surface area contributed by atoms with Crippen molar-refractivity contribution in [2.45, 2.75) is 31.3 Å². The first-order valence-corrected chi connectivity index (χ1v) is 10.7. The molecular formula is C27H25N3O. The molecule has 5 rings (SSSR count). The largest absolute Gasteiger partial charge is 0.351 e. The Hall–Kier alpha value is -3.66. The van der Waals surface area contributed by atoms with Gasteiger partial charge in [-0.2, -0.15) is 5.10 Å². The lowest BCUT2D eigenvalue weighted by atomic mass is 9.95. The number of nitrogens with one attached hydrogen (secondary N) is 1. The minimum absolute atomic E-state index is 0.105. The molecule has 1 aromatic heterocycles. The summed E-state index contributed by atoms with van der Waals surface area (Å²) in [4.78, 5) is 13.1. The zero-order chi connectivity index (χ0) is 21.1. The lowest BCUT2D eigenvalue weighted by molar-refractivity contribution is -0.123. The second-order valence-electron chi connectivity index (χ2n) is 8.18. The third-order valence-electron chi connectivity index (χ3n) is 6.02. The van der Waals surface area contributed by atoms with Gasteiger partial charge in [0.05, 0.1) is 17.7 Å². The molecule has 1 aliphatic rings. The van der Waals surface area contributed by atoms with Crippen LogP contribution < -0.4 is 5.32 Å². The average Bonchev–Trinajstić information content (AvgIpc) is 3.55. The van der Waals surface area contributed by atoms with Crippen molar-refractivity contribution in [2.24, 2.45) is 0 Å². The number of carbonyl (C=O) groups excluding carboxylic acids is 1. The Morgan fingerprint density at radius 2 is 1.48 bits per heavy atom. The van der Waals surface area contributed by atoms with E-state index in [0.29, 0.717) is 13.1 Å². The van der Waals surface area contributed by atoms with E-state index in [1.165, 1.54) is 5.56 Å². The number of carbonyl (C=O) groups is 1. The van der Waals surface area contributed by atoms with Crippen molar-refractivity contribution in [3.63, 3.8) is 0 Å². The van der Waals surface area contributed by atoms with Crippen LogP contribution in [0.4, 0.5) is 0 Å². The fourth-order valence-electron chi connectivity index (χ4n) is 4.16. The Morgan fingerprint density at radius 3 is 2.13 bits per heavy atom. The molecule has 0 bridgehead atoms. The summed E-state index contributed by atoms with van der Waals surface area (Å²) in [6, 6.07) is 30.6. The van der Waals surface area contributed by atoms with Crippen molar-refractivity contribution in [3.05, 3.63) is 114 Å². The normalized spacial score (nSPS) is 14.2. The molecule has 4 nitrogen and oxygen atoms in total. The summed E-state index contributed by atoms with van der Waals surface area (Å²) in [7, 11) is 0. The number of amides is 1. The lowest BCUT2D eigenvalue weighted by Crippen LogP contribution is -2.34. The summed E-state index contributed by atoms with van der Waals surface area (Å²) in [6.07, 6.45) is 3.86. The monoisotopic (exact) mass is 407 g/mol. The van der Waals surface area contributed by atoms with Gasteiger partial charge >= 0.3 is 0 Å². The van der Waals surface area contributed by atoms with Crippen molar-refractivity contribution >= 4 is 5.91 Å². The molecule has 0 saturated heterocycles. The van der Waals surface area contributed by atoms with Crippen molar-refractivity contribution in [3.8, 4) is 11.3 Å². The fraction of sp³-hybridized carbons (Fsp3) is 0.185. The van der Waals surface area contributed by atoms with Crippen LogP contribution in [0.1, 0.15) is 29.5 Å². The first kappa shape index (κ1) is 19.3. The van der Waals surface area contributed by atoms with Gasteiger partial charge in [0.2, 0.25) is 5.91 Å². The van der Waals surface area contributed by atoms with Crippen LogP contribution in [0.5, 0.6) is 0 Å². The van der Waals surface area contributed by atoms with E-state index < -0.39 is 0 Å². The van der Waals surface area contributed by atoms with Crippen LogP contribution in [0.15, 0.2) is 97.2 Å². The standard InChI is InChI=1S/C27H25N3O/c31-26(27(16-17-27)24-14-8-3-9-15-24)28-18-23-20-30(19-21-10-4-1-5-11-21)29-25(23)22-12-6-2-7-13-22/h1-15,20H,16-19H2,(H,28,31). The Labute approximate surface area is 182 Å². The molecule has 0 atom stereocenters. The molecule has 1 heterocycles. The molecule has 4 heteroatoms. The van der Waals surface area contributed by atoms with Gasteiger partial charge in [0.25, 0.3) is 0 Å². The molecule has 31 heavy (non-hydrogen) atoms. The highest BCUT2D eigenvalue weighted by Crippen LogP contribution is 2.48. The van der Waals surface area contributed by atoms with E-state index in [2.05, 4.69) is 47.9 Å². The molecule has 1 N–H and O–H groups in total. The quantitative estimate of drug-likeness (QED) is 0.471. The van der Waals surface area contributed by atoms with Gasteiger partial charge in [-0.1, -0.05) is 91.0 Å². The van der Waals surface area contributed by atoms with Crippen molar-refractivity contribution in [1.29, 1.82) is 0 Å². The van der Waals surface area contributed by atoms with Crippen LogP contribution >= 0.6 is 0 Å². The predicted molar refractivity (Wildman–Crippen MR) is 122 cm³/mol. The highest BCUT2D eigenvalue weighted by Gasteiger charge is 2.50. The Balaban J connectivity index is 1.38. The predicted octanol–water partition coefficient (Wildman–Crippen LogP) is 4.95. The van der Waals surface area contributed by atoms with Gasteiger partial charge in [0, 0.05) is 23.9 Å². The SMILES string of the molecule is O=C(NCc1cn(Cc2ccccc2)nc1-c1ccccc1)C1(c2ccccc2)CC1. The van der Waals surface area contributed by atoms with Crippen LogP contribution in [-0.4, -0.2) is 15.7 Å². The van der Waals surface area contributed by atoms with Crippen molar-refractivity contribution in [1.82, 2.24) is 15.1 Å². The summed E-state index contributed by atoms with van der Waals surface area (Å²) >= 11 is 0. The molecule has 0 radical (unpaired) electrons. The summed E-state index contributed by atoms with van der Waals surface area (Å²) < 4.78 is 1.96. The molecule has 0 spiro atoms. The molecule has 1 saturated carbocycles. The van der Waals surface area contributed by atoms with Crippen LogP contribution in [-0.2, 0) is 23.3 Å². The fourth-order valence-corrected chi connectivity index (χ4v) is 4.16.